The van der Waals surface area contributed by atoms with Crippen molar-refractivity contribution in [3.05, 3.63) is 39.6 Å². The van der Waals surface area contributed by atoms with Crippen LogP contribution in [0.4, 0.5) is 0 Å². The lowest BCUT2D eigenvalue weighted by Crippen LogP contribution is -2.22. The Morgan fingerprint density at radius 3 is 3.00 bits per heavy atom. The van der Waals surface area contributed by atoms with Crippen molar-refractivity contribution in [2.75, 3.05) is 6.54 Å². The number of rotatable bonds is 3. The molecule has 2 aromatic heterocycles. The van der Waals surface area contributed by atoms with Crippen LogP contribution in [0, 0.1) is 6.92 Å². The zero-order valence-electron chi connectivity index (χ0n) is 10.7. The molecule has 18 heavy (non-hydrogen) atoms. The first-order valence-electron chi connectivity index (χ1n) is 6.60. The molecule has 4 heteroatoms. The number of imidazole rings is 1. The number of hydrogen-bond acceptors (Lipinski definition) is 3. The Balaban J connectivity index is 2.02. The monoisotopic (exact) mass is 261 g/mol. The summed E-state index contributed by atoms with van der Waals surface area (Å²) in [4.78, 5) is 5.96. The fourth-order valence-corrected chi connectivity index (χ4v) is 3.87. The lowest BCUT2D eigenvalue weighted by atomic mass is 10.0. The van der Waals surface area contributed by atoms with Crippen LogP contribution < -0.4 is 5.73 Å². The van der Waals surface area contributed by atoms with Gasteiger partial charge in [0.2, 0.25) is 0 Å². The summed E-state index contributed by atoms with van der Waals surface area (Å²) in [5.41, 5.74) is 10.0. The molecule has 0 aromatic carbocycles. The quantitative estimate of drug-likeness (QED) is 0.923. The lowest BCUT2D eigenvalue weighted by Gasteiger charge is -2.21. The molecule has 2 aromatic rings. The highest BCUT2D eigenvalue weighted by atomic mass is 32.1. The van der Waals surface area contributed by atoms with Crippen LogP contribution in [0.3, 0.4) is 0 Å². The number of nitrogens with zero attached hydrogens (tertiary/aromatic N) is 2. The Bertz CT molecular complexity index is 541. The minimum absolute atomic E-state index is 0.263. The SMILES string of the molecule is Cc1ccsc1C(CN)n1cnc2c1CCCC2. The summed E-state index contributed by atoms with van der Waals surface area (Å²) < 4.78 is 2.31. The van der Waals surface area contributed by atoms with Crippen LogP contribution in [-0.2, 0) is 12.8 Å². The molecule has 0 spiro atoms. The van der Waals surface area contributed by atoms with Crippen LogP contribution in [-0.4, -0.2) is 16.1 Å². The highest BCUT2D eigenvalue weighted by Gasteiger charge is 2.22. The summed E-state index contributed by atoms with van der Waals surface area (Å²) in [6, 6.07) is 2.44. The Morgan fingerprint density at radius 1 is 1.44 bits per heavy atom. The van der Waals surface area contributed by atoms with E-state index in [9.17, 15) is 0 Å². The smallest absolute Gasteiger partial charge is 0.0958 e. The van der Waals surface area contributed by atoms with Gasteiger partial charge in [0.25, 0.3) is 0 Å². The van der Waals surface area contributed by atoms with Crippen molar-refractivity contribution in [2.24, 2.45) is 5.73 Å². The molecule has 0 radical (unpaired) electrons. The molecule has 0 saturated carbocycles. The Morgan fingerprint density at radius 2 is 2.28 bits per heavy atom. The number of aryl methyl sites for hydroxylation is 2. The minimum Gasteiger partial charge on any atom is -0.328 e. The summed E-state index contributed by atoms with van der Waals surface area (Å²) in [6.45, 7) is 2.81. The summed E-state index contributed by atoms with van der Waals surface area (Å²) in [6.07, 6.45) is 6.82. The highest BCUT2D eigenvalue weighted by molar-refractivity contribution is 7.10. The van der Waals surface area contributed by atoms with Crippen LogP contribution in [0.1, 0.15) is 40.7 Å². The molecular formula is C14H19N3S. The standard InChI is InChI=1S/C14H19N3S/c1-10-6-7-18-14(10)13(8-15)17-9-16-11-4-2-3-5-12(11)17/h6-7,9,13H,2-5,8,15H2,1H3. The van der Waals surface area contributed by atoms with Gasteiger partial charge >= 0.3 is 0 Å². The predicted molar refractivity (Wildman–Crippen MR) is 75.1 cm³/mol. The van der Waals surface area contributed by atoms with Gasteiger partial charge in [0.15, 0.2) is 0 Å². The minimum atomic E-state index is 0.263. The van der Waals surface area contributed by atoms with Crippen molar-refractivity contribution in [2.45, 2.75) is 38.6 Å². The van der Waals surface area contributed by atoms with Crippen molar-refractivity contribution in [1.29, 1.82) is 0 Å². The molecule has 1 atom stereocenters. The van der Waals surface area contributed by atoms with Crippen LogP contribution >= 0.6 is 11.3 Å². The molecule has 1 aliphatic rings. The van der Waals surface area contributed by atoms with Gasteiger partial charge in [0, 0.05) is 17.1 Å². The van der Waals surface area contributed by atoms with Gasteiger partial charge < -0.3 is 10.3 Å². The second kappa shape index (κ2) is 4.86. The zero-order chi connectivity index (χ0) is 12.5. The third-order valence-electron chi connectivity index (χ3n) is 3.82. The molecule has 3 nitrogen and oxygen atoms in total. The van der Waals surface area contributed by atoms with Gasteiger partial charge in [-0.1, -0.05) is 0 Å². The average Bonchev–Trinajstić information content (AvgIpc) is 2.99. The third kappa shape index (κ3) is 1.89. The van der Waals surface area contributed by atoms with Crippen molar-refractivity contribution in [3.63, 3.8) is 0 Å². The molecule has 1 unspecified atom stereocenters. The van der Waals surface area contributed by atoms with Crippen LogP contribution in [0.25, 0.3) is 0 Å². The predicted octanol–water partition coefficient (Wildman–Crippen LogP) is 2.68. The average molecular weight is 261 g/mol. The van der Waals surface area contributed by atoms with Gasteiger partial charge in [-0.3, -0.25) is 0 Å². The van der Waals surface area contributed by atoms with E-state index in [0.29, 0.717) is 6.54 Å². The largest absolute Gasteiger partial charge is 0.328 e. The Labute approximate surface area is 112 Å². The van der Waals surface area contributed by atoms with Gasteiger partial charge in [-0.15, -0.1) is 11.3 Å². The Kier molecular flexibility index (Phi) is 3.22. The fourth-order valence-electron chi connectivity index (χ4n) is 2.83. The van der Waals surface area contributed by atoms with E-state index >= 15 is 0 Å². The summed E-state index contributed by atoms with van der Waals surface area (Å²) >= 11 is 1.80. The zero-order valence-corrected chi connectivity index (χ0v) is 11.5. The molecule has 2 heterocycles. The van der Waals surface area contributed by atoms with E-state index in [1.54, 1.807) is 11.3 Å². The van der Waals surface area contributed by atoms with Crippen LogP contribution in [0.5, 0.6) is 0 Å². The van der Waals surface area contributed by atoms with E-state index in [0.717, 1.165) is 12.8 Å². The van der Waals surface area contributed by atoms with E-state index in [1.807, 2.05) is 6.33 Å². The van der Waals surface area contributed by atoms with Gasteiger partial charge in [-0.25, -0.2) is 4.98 Å². The molecule has 1 aliphatic carbocycles. The van der Waals surface area contributed by atoms with Crippen molar-refractivity contribution in [1.82, 2.24) is 9.55 Å². The normalized spacial score (nSPS) is 16.6. The lowest BCUT2D eigenvalue weighted by molar-refractivity contribution is 0.552. The molecular weight excluding hydrogens is 242 g/mol. The number of fused-ring (bicyclic) bond motifs is 1. The second-order valence-electron chi connectivity index (χ2n) is 4.97. The molecule has 2 N–H and O–H groups in total. The first kappa shape index (κ1) is 11.9. The molecule has 3 rings (SSSR count). The van der Waals surface area contributed by atoms with Crippen molar-refractivity contribution >= 4 is 11.3 Å². The van der Waals surface area contributed by atoms with E-state index in [4.69, 9.17) is 5.73 Å². The van der Waals surface area contributed by atoms with E-state index in [-0.39, 0.29) is 6.04 Å². The third-order valence-corrected chi connectivity index (χ3v) is 4.94. The summed E-state index contributed by atoms with van der Waals surface area (Å²) in [5, 5.41) is 2.15. The molecule has 0 amide bonds. The fraction of sp³-hybridized carbons (Fsp3) is 0.500. The van der Waals surface area contributed by atoms with Crippen LogP contribution in [0.2, 0.25) is 0 Å². The molecule has 96 valence electrons. The second-order valence-corrected chi connectivity index (χ2v) is 5.92. The van der Waals surface area contributed by atoms with Gasteiger partial charge in [-0.2, -0.15) is 0 Å². The van der Waals surface area contributed by atoms with Gasteiger partial charge in [0.1, 0.15) is 0 Å². The van der Waals surface area contributed by atoms with Gasteiger partial charge in [-0.05, 0) is 49.6 Å². The maximum atomic E-state index is 6.02. The maximum absolute atomic E-state index is 6.02. The van der Waals surface area contributed by atoms with E-state index in [1.165, 1.54) is 34.7 Å². The maximum Gasteiger partial charge on any atom is 0.0958 e. The molecule has 0 aliphatic heterocycles. The number of nitrogens with two attached hydrogens (primary N) is 1. The first-order valence-corrected chi connectivity index (χ1v) is 7.48. The molecule has 0 saturated heterocycles. The van der Waals surface area contributed by atoms with Gasteiger partial charge in [0.05, 0.1) is 18.1 Å². The topological polar surface area (TPSA) is 43.8 Å². The van der Waals surface area contributed by atoms with Crippen molar-refractivity contribution < 1.29 is 0 Å². The number of thiophene rings is 1. The Hall–Kier alpha value is -1.13. The molecule has 0 fully saturated rings. The van der Waals surface area contributed by atoms with E-state index in [2.05, 4.69) is 27.9 Å². The van der Waals surface area contributed by atoms with Crippen molar-refractivity contribution in [3.8, 4) is 0 Å². The summed E-state index contributed by atoms with van der Waals surface area (Å²) in [7, 11) is 0. The van der Waals surface area contributed by atoms with E-state index < -0.39 is 0 Å². The number of aromatic nitrogens is 2. The highest BCUT2D eigenvalue weighted by Crippen LogP contribution is 2.30. The first-order chi connectivity index (χ1) is 8.81. The number of hydrogen-bond donors (Lipinski definition) is 1. The van der Waals surface area contributed by atoms with Crippen LogP contribution in [0.15, 0.2) is 17.8 Å². The summed E-state index contributed by atoms with van der Waals surface area (Å²) in [5.74, 6) is 0. The molecule has 0 bridgehead atoms.